The molecule has 0 aliphatic heterocycles. The van der Waals surface area contributed by atoms with E-state index in [0.29, 0.717) is 17.2 Å². The average Bonchev–Trinajstić information content (AvgIpc) is 2.92. The second-order valence-electron chi connectivity index (χ2n) is 4.37. The van der Waals surface area contributed by atoms with Crippen LogP contribution in [-0.2, 0) is 5.88 Å². The Morgan fingerprint density at radius 2 is 1.81 bits per heavy atom. The summed E-state index contributed by atoms with van der Waals surface area (Å²) in [6.45, 7) is 0. The van der Waals surface area contributed by atoms with Crippen molar-refractivity contribution in [1.82, 2.24) is 14.8 Å². The van der Waals surface area contributed by atoms with Crippen LogP contribution in [0.25, 0.3) is 17.1 Å². The van der Waals surface area contributed by atoms with Crippen LogP contribution in [0, 0.1) is 5.82 Å². The number of hydrogen-bond acceptors (Lipinski definition) is 2. The standard InChI is InChI=1S/C15H10Cl2FN3/c16-9-14-19-20-15(12-7-6-10(18)8-13(12)17)21(14)11-4-2-1-3-5-11/h1-8H,9H2. The van der Waals surface area contributed by atoms with Gasteiger partial charge in [0.05, 0.1) is 10.9 Å². The van der Waals surface area contributed by atoms with Crippen LogP contribution in [0.1, 0.15) is 5.82 Å². The van der Waals surface area contributed by atoms with Gasteiger partial charge in [-0.15, -0.1) is 21.8 Å². The van der Waals surface area contributed by atoms with Crippen LogP contribution < -0.4 is 0 Å². The molecule has 0 atom stereocenters. The van der Waals surface area contributed by atoms with Gasteiger partial charge in [-0.25, -0.2) is 4.39 Å². The molecule has 0 radical (unpaired) electrons. The highest BCUT2D eigenvalue weighted by Crippen LogP contribution is 2.30. The van der Waals surface area contributed by atoms with E-state index in [9.17, 15) is 4.39 Å². The van der Waals surface area contributed by atoms with E-state index in [-0.39, 0.29) is 10.9 Å². The monoisotopic (exact) mass is 321 g/mol. The van der Waals surface area contributed by atoms with Gasteiger partial charge >= 0.3 is 0 Å². The number of halogens is 3. The second kappa shape index (κ2) is 5.84. The van der Waals surface area contributed by atoms with Crippen molar-refractivity contribution in [2.45, 2.75) is 5.88 Å². The quantitative estimate of drug-likeness (QED) is 0.666. The summed E-state index contributed by atoms with van der Waals surface area (Å²) >= 11 is 12.1. The van der Waals surface area contributed by atoms with Crippen LogP contribution >= 0.6 is 23.2 Å². The first-order valence-corrected chi connectivity index (χ1v) is 7.13. The van der Waals surface area contributed by atoms with Crippen LogP contribution in [0.2, 0.25) is 5.02 Å². The molecule has 0 amide bonds. The fourth-order valence-electron chi connectivity index (χ4n) is 2.10. The molecular weight excluding hydrogens is 312 g/mol. The maximum atomic E-state index is 13.2. The van der Waals surface area contributed by atoms with Gasteiger partial charge in [0, 0.05) is 11.3 Å². The smallest absolute Gasteiger partial charge is 0.170 e. The van der Waals surface area contributed by atoms with E-state index in [1.54, 1.807) is 6.07 Å². The maximum Gasteiger partial charge on any atom is 0.170 e. The molecule has 0 N–H and O–H groups in total. The molecule has 3 nitrogen and oxygen atoms in total. The Morgan fingerprint density at radius 3 is 2.48 bits per heavy atom. The Balaban J connectivity index is 2.22. The van der Waals surface area contributed by atoms with Gasteiger partial charge in [0.2, 0.25) is 0 Å². The van der Waals surface area contributed by atoms with Gasteiger partial charge in [-0.1, -0.05) is 29.8 Å². The Morgan fingerprint density at radius 1 is 1.05 bits per heavy atom. The Labute approximate surface area is 131 Å². The molecular formula is C15H10Cl2FN3. The van der Waals surface area contributed by atoms with Crippen molar-refractivity contribution in [3.63, 3.8) is 0 Å². The number of rotatable bonds is 3. The van der Waals surface area contributed by atoms with Crippen molar-refractivity contribution in [2.24, 2.45) is 0 Å². The number of nitrogens with zero attached hydrogens (tertiary/aromatic N) is 3. The molecule has 2 aromatic carbocycles. The fourth-order valence-corrected chi connectivity index (χ4v) is 2.52. The lowest BCUT2D eigenvalue weighted by Crippen LogP contribution is -2.02. The van der Waals surface area contributed by atoms with Gasteiger partial charge in [0.15, 0.2) is 11.6 Å². The first-order valence-electron chi connectivity index (χ1n) is 6.22. The molecule has 6 heteroatoms. The number of alkyl halides is 1. The van der Waals surface area contributed by atoms with E-state index in [1.807, 2.05) is 34.9 Å². The molecule has 0 fully saturated rings. The van der Waals surface area contributed by atoms with E-state index in [1.165, 1.54) is 12.1 Å². The first-order chi connectivity index (χ1) is 10.2. The number of hydrogen-bond donors (Lipinski definition) is 0. The molecule has 0 unspecified atom stereocenters. The molecule has 106 valence electrons. The third-order valence-corrected chi connectivity index (χ3v) is 3.59. The largest absolute Gasteiger partial charge is 0.278 e. The molecule has 0 aliphatic carbocycles. The van der Waals surface area contributed by atoms with Crippen LogP contribution in [0.4, 0.5) is 4.39 Å². The summed E-state index contributed by atoms with van der Waals surface area (Å²) in [5.74, 6) is 0.938. The van der Waals surface area contributed by atoms with E-state index in [4.69, 9.17) is 23.2 Å². The lowest BCUT2D eigenvalue weighted by molar-refractivity contribution is 0.628. The Kier molecular flexibility index (Phi) is 3.90. The van der Waals surface area contributed by atoms with Crippen LogP contribution in [0.3, 0.4) is 0 Å². The minimum atomic E-state index is -0.396. The van der Waals surface area contributed by atoms with Crippen LogP contribution in [0.5, 0.6) is 0 Å². The van der Waals surface area contributed by atoms with Crippen LogP contribution in [0.15, 0.2) is 48.5 Å². The normalized spacial score (nSPS) is 10.8. The van der Waals surface area contributed by atoms with Gasteiger partial charge < -0.3 is 0 Å². The first kappa shape index (κ1) is 14.0. The summed E-state index contributed by atoms with van der Waals surface area (Å²) in [4.78, 5) is 0. The van der Waals surface area contributed by atoms with E-state index >= 15 is 0 Å². The van der Waals surface area contributed by atoms with Crippen molar-refractivity contribution < 1.29 is 4.39 Å². The predicted molar refractivity (Wildman–Crippen MR) is 81.3 cm³/mol. The molecule has 3 aromatic rings. The summed E-state index contributed by atoms with van der Waals surface area (Å²) in [6.07, 6.45) is 0. The lowest BCUT2D eigenvalue weighted by atomic mass is 10.2. The molecule has 0 aliphatic rings. The minimum absolute atomic E-state index is 0.209. The molecule has 3 rings (SSSR count). The third-order valence-electron chi connectivity index (χ3n) is 3.04. The molecule has 1 heterocycles. The highest BCUT2D eigenvalue weighted by atomic mass is 35.5. The number of aromatic nitrogens is 3. The van der Waals surface area contributed by atoms with Crippen molar-refractivity contribution in [2.75, 3.05) is 0 Å². The molecule has 0 bridgehead atoms. The van der Waals surface area contributed by atoms with Crippen molar-refractivity contribution in [3.05, 3.63) is 65.2 Å². The minimum Gasteiger partial charge on any atom is -0.278 e. The zero-order valence-electron chi connectivity index (χ0n) is 10.8. The zero-order chi connectivity index (χ0) is 14.8. The van der Waals surface area contributed by atoms with Gasteiger partial charge in [-0.05, 0) is 30.3 Å². The van der Waals surface area contributed by atoms with E-state index in [2.05, 4.69) is 10.2 Å². The average molecular weight is 322 g/mol. The zero-order valence-corrected chi connectivity index (χ0v) is 12.3. The summed E-state index contributed by atoms with van der Waals surface area (Å²) in [6, 6.07) is 13.7. The van der Waals surface area contributed by atoms with Crippen molar-refractivity contribution >= 4 is 23.2 Å². The maximum absolute atomic E-state index is 13.2. The molecule has 0 saturated carbocycles. The highest BCUT2D eigenvalue weighted by molar-refractivity contribution is 6.33. The highest BCUT2D eigenvalue weighted by Gasteiger charge is 2.17. The van der Waals surface area contributed by atoms with Crippen molar-refractivity contribution in [3.8, 4) is 17.1 Å². The molecule has 1 aromatic heterocycles. The lowest BCUT2D eigenvalue weighted by Gasteiger charge is -2.10. The predicted octanol–water partition coefficient (Wildman–Crippen LogP) is 4.47. The van der Waals surface area contributed by atoms with Gasteiger partial charge in [0.1, 0.15) is 5.82 Å². The third kappa shape index (κ3) is 2.64. The number of benzene rings is 2. The Bertz CT molecular complexity index is 772. The summed E-state index contributed by atoms with van der Waals surface area (Å²) < 4.78 is 15.0. The summed E-state index contributed by atoms with van der Waals surface area (Å²) in [5.41, 5.74) is 1.47. The van der Waals surface area contributed by atoms with E-state index in [0.717, 1.165) is 5.69 Å². The molecule has 0 spiro atoms. The van der Waals surface area contributed by atoms with Gasteiger partial charge in [-0.3, -0.25) is 4.57 Å². The van der Waals surface area contributed by atoms with Crippen molar-refractivity contribution in [1.29, 1.82) is 0 Å². The Hall–Kier alpha value is -1.91. The van der Waals surface area contributed by atoms with Crippen LogP contribution in [-0.4, -0.2) is 14.8 Å². The SMILES string of the molecule is Fc1ccc(-c2nnc(CCl)n2-c2ccccc2)c(Cl)c1. The molecule has 21 heavy (non-hydrogen) atoms. The van der Waals surface area contributed by atoms with Gasteiger partial charge in [-0.2, -0.15) is 0 Å². The van der Waals surface area contributed by atoms with Gasteiger partial charge in [0.25, 0.3) is 0 Å². The second-order valence-corrected chi connectivity index (χ2v) is 5.04. The summed E-state index contributed by atoms with van der Waals surface area (Å²) in [7, 11) is 0. The number of para-hydroxylation sites is 1. The summed E-state index contributed by atoms with van der Waals surface area (Å²) in [5, 5.41) is 8.50. The molecule has 0 saturated heterocycles. The fraction of sp³-hybridized carbons (Fsp3) is 0.0667. The van der Waals surface area contributed by atoms with E-state index < -0.39 is 5.82 Å². The topological polar surface area (TPSA) is 30.7 Å².